The number of nitrogens with one attached hydrogen (secondary N) is 2. The Balaban J connectivity index is 1.99. The molecule has 25 heavy (non-hydrogen) atoms. The highest BCUT2D eigenvalue weighted by Crippen LogP contribution is 2.20. The van der Waals surface area contributed by atoms with Crippen LogP contribution >= 0.6 is 0 Å². The van der Waals surface area contributed by atoms with Gasteiger partial charge < -0.3 is 15.4 Å². The molecule has 0 unspecified atom stereocenters. The fourth-order valence-corrected chi connectivity index (χ4v) is 2.77. The van der Waals surface area contributed by atoms with E-state index in [1.165, 1.54) is 18.2 Å². The molecule has 0 aliphatic heterocycles. The third-order valence-corrected chi connectivity index (χ3v) is 4.29. The maximum absolute atomic E-state index is 12.1. The van der Waals surface area contributed by atoms with E-state index < -0.39 is 16.1 Å². The van der Waals surface area contributed by atoms with Crippen LogP contribution in [0.2, 0.25) is 0 Å². The zero-order valence-electron chi connectivity index (χ0n) is 13.9. The van der Waals surface area contributed by atoms with Crippen LogP contribution in [0.1, 0.15) is 19.8 Å². The van der Waals surface area contributed by atoms with Crippen LogP contribution in [-0.4, -0.2) is 21.1 Å². The highest BCUT2D eigenvalue weighted by atomic mass is 32.2. The van der Waals surface area contributed by atoms with Gasteiger partial charge >= 0.3 is 6.03 Å². The molecule has 0 aliphatic rings. The van der Waals surface area contributed by atoms with E-state index in [2.05, 4.69) is 17.6 Å². The molecule has 2 rings (SSSR count). The normalized spacial score (nSPS) is 11.0. The number of hydrogen-bond donors (Lipinski definition) is 3. The minimum Gasteiger partial charge on any atom is -0.494 e. The van der Waals surface area contributed by atoms with Gasteiger partial charge in [0.1, 0.15) is 10.6 Å². The number of primary sulfonamides is 1. The molecular formula is C17H21N3O4S. The third kappa shape index (κ3) is 5.77. The van der Waals surface area contributed by atoms with Crippen molar-refractivity contribution in [1.29, 1.82) is 0 Å². The fraction of sp³-hybridized carbons (Fsp3) is 0.235. The van der Waals surface area contributed by atoms with E-state index in [9.17, 15) is 13.2 Å². The van der Waals surface area contributed by atoms with E-state index in [4.69, 9.17) is 9.88 Å². The molecular weight excluding hydrogens is 342 g/mol. The maximum atomic E-state index is 12.1. The third-order valence-electron chi connectivity index (χ3n) is 3.32. The van der Waals surface area contributed by atoms with E-state index in [1.54, 1.807) is 30.3 Å². The van der Waals surface area contributed by atoms with Crippen LogP contribution in [0.15, 0.2) is 53.4 Å². The van der Waals surface area contributed by atoms with Gasteiger partial charge in [0.15, 0.2) is 0 Å². The van der Waals surface area contributed by atoms with Crippen molar-refractivity contribution in [2.75, 3.05) is 17.2 Å². The van der Waals surface area contributed by atoms with Gasteiger partial charge in [-0.15, -0.1) is 0 Å². The SMILES string of the molecule is CCCCOc1ccc(NC(=O)Nc2ccccc2S(N)(=O)=O)cc1. The number of para-hydroxylation sites is 1. The minimum absolute atomic E-state index is 0.113. The van der Waals surface area contributed by atoms with Crippen molar-refractivity contribution in [3.63, 3.8) is 0 Å². The van der Waals surface area contributed by atoms with Crippen LogP contribution in [0.25, 0.3) is 0 Å². The number of rotatable bonds is 7. The quantitative estimate of drug-likeness (QED) is 0.656. The van der Waals surface area contributed by atoms with Crippen LogP contribution in [0, 0.1) is 0 Å². The van der Waals surface area contributed by atoms with Crippen LogP contribution in [0.4, 0.5) is 16.2 Å². The number of amides is 2. The number of nitrogens with two attached hydrogens (primary N) is 1. The zero-order chi connectivity index (χ0) is 18.3. The molecule has 8 heteroatoms. The van der Waals surface area contributed by atoms with Gasteiger partial charge in [-0.25, -0.2) is 18.4 Å². The zero-order valence-corrected chi connectivity index (χ0v) is 14.7. The minimum atomic E-state index is -3.93. The Morgan fingerprint density at radius 1 is 1.08 bits per heavy atom. The maximum Gasteiger partial charge on any atom is 0.323 e. The van der Waals surface area contributed by atoms with Gasteiger partial charge in [0.05, 0.1) is 12.3 Å². The molecule has 7 nitrogen and oxygen atoms in total. The van der Waals surface area contributed by atoms with E-state index >= 15 is 0 Å². The van der Waals surface area contributed by atoms with E-state index in [1.807, 2.05) is 0 Å². The summed E-state index contributed by atoms with van der Waals surface area (Å²) in [6.45, 7) is 2.73. The summed E-state index contributed by atoms with van der Waals surface area (Å²) in [5, 5.41) is 10.2. The second-order valence-corrected chi connectivity index (χ2v) is 6.88. The Morgan fingerprint density at radius 3 is 2.40 bits per heavy atom. The number of ether oxygens (including phenoxy) is 1. The summed E-state index contributed by atoms with van der Waals surface area (Å²) in [6, 6.07) is 12.3. The second kappa shape index (κ2) is 8.50. The van der Waals surface area contributed by atoms with E-state index in [0.717, 1.165) is 18.6 Å². The second-order valence-electron chi connectivity index (χ2n) is 5.35. The van der Waals surface area contributed by atoms with Gasteiger partial charge in [0, 0.05) is 5.69 Å². The van der Waals surface area contributed by atoms with Crippen molar-refractivity contribution >= 4 is 27.4 Å². The lowest BCUT2D eigenvalue weighted by atomic mass is 10.3. The predicted octanol–water partition coefficient (Wildman–Crippen LogP) is 3.16. The standard InChI is InChI=1S/C17H21N3O4S/c1-2-3-12-24-14-10-8-13(9-11-14)19-17(21)20-15-6-4-5-7-16(15)25(18,22)23/h4-11H,2-3,12H2,1H3,(H2,18,22,23)(H2,19,20,21). The first-order valence-corrected chi connectivity index (χ1v) is 9.37. The molecule has 0 radical (unpaired) electrons. The van der Waals surface area contributed by atoms with Gasteiger partial charge in [0.2, 0.25) is 10.0 Å². The first kappa shape index (κ1) is 18.8. The number of benzene rings is 2. The first-order chi connectivity index (χ1) is 11.9. The molecule has 0 bridgehead atoms. The summed E-state index contributed by atoms with van der Waals surface area (Å²) in [6.07, 6.45) is 2.03. The summed E-state index contributed by atoms with van der Waals surface area (Å²) >= 11 is 0. The van der Waals surface area contributed by atoms with Crippen molar-refractivity contribution in [2.45, 2.75) is 24.7 Å². The monoisotopic (exact) mass is 363 g/mol. The summed E-state index contributed by atoms with van der Waals surface area (Å²) in [4.78, 5) is 11.9. The van der Waals surface area contributed by atoms with Crippen LogP contribution in [0.3, 0.4) is 0 Å². The molecule has 0 fully saturated rings. The molecule has 134 valence electrons. The molecule has 0 heterocycles. The average Bonchev–Trinajstić information content (AvgIpc) is 2.56. The fourth-order valence-electron chi connectivity index (χ4n) is 2.07. The smallest absolute Gasteiger partial charge is 0.323 e. The lowest BCUT2D eigenvalue weighted by Crippen LogP contribution is -2.22. The summed E-state index contributed by atoms with van der Waals surface area (Å²) < 4.78 is 28.6. The number of hydrogen-bond acceptors (Lipinski definition) is 4. The van der Waals surface area contributed by atoms with Crippen LogP contribution < -0.4 is 20.5 Å². The van der Waals surface area contributed by atoms with E-state index in [0.29, 0.717) is 12.3 Å². The molecule has 0 atom stereocenters. The first-order valence-electron chi connectivity index (χ1n) is 7.83. The average molecular weight is 363 g/mol. The van der Waals surface area contributed by atoms with Crippen molar-refractivity contribution in [1.82, 2.24) is 0 Å². The molecule has 0 saturated carbocycles. The highest BCUT2D eigenvalue weighted by Gasteiger charge is 2.15. The van der Waals surface area contributed by atoms with Gasteiger partial charge in [-0.1, -0.05) is 25.5 Å². The lowest BCUT2D eigenvalue weighted by molar-refractivity contribution is 0.262. The molecule has 0 spiro atoms. The van der Waals surface area contributed by atoms with Gasteiger partial charge in [-0.05, 0) is 42.8 Å². The topological polar surface area (TPSA) is 111 Å². The number of carbonyl (C=O) groups excluding carboxylic acids is 1. The van der Waals surface area contributed by atoms with Gasteiger partial charge in [0.25, 0.3) is 0 Å². The van der Waals surface area contributed by atoms with Crippen LogP contribution in [0.5, 0.6) is 5.75 Å². The molecule has 4 N–H and O–H groups in total. The Morgan fingerprint density at radius 2 is 1.76 bits per heavy atom. The number of unbranched alkanes of at least 4 members (excludes halogenated alkanes) is 1. The number of sulfonamides is 1. The largest absolute Gasteiger partial charge is 0.494 e. The van der Waals surface area contributed by atoms with Crippen molar-refractivity contribution in [2.24, 2.45) is 5.14 Å². The summed E-state index contributed by atoms with van der Waals surface area (Å²) in [5.74, 6) is 0.721. The van der Waals surface area contributed by atoms with Crippen molar-refractivity contribution < 1.29 is 17.9 Å². The lowest BCUT2D eigenvalue weighted by Gasteiger charge is -2.11. The number of urea groups is 1. The molecule has 0 aliphatic carbocycles. The molecule has 2 amide bonds. The molecule has 2 aromatic carbocycles. The van der Waals surface area contributed by atoms with E-state index in [-0.39, 0.29) is 10.6 Å². The Kier molecular flexibility index (Phi) is 6.37. The number of carbonyl (C=O) groups is 1. The Bertz CT molecular complexity index is 820. The van der Waals surface area contributed by atoms with Gasteiger partial charge in [-0.2, -0.15) is 0 Å². The molecule has 0 aromatic heterocycles. The molecule has 2 aromatic rings. The number of anilines is 2. The Labute approximate surface area is 147 Å². The molecule has 0 saturated heterocycles. The van der Waals surface area contributed by atoms with Crippen LogP contribution in [-0.2, 0) is 10.0 Å². The predicted molar refractivity (Wildman–Crippen MR) is 97.3 cm³/mol. The Hall–Kier alpha value is -2.58. The van der Waals surface area contributed by atoms with Crippen molar-refractivity contribution in [3.8, 4) is 5.75 Å². The highest BCUT2D eigenvalue weighted by molar-refractivity contribution is 7.89. The summed E-state index contributed by atoms with van der Waals surface area (Å²) in [5.41, 5.74) is 0.662. The van der Waals surface area contributed by atoms with Crippen molar-refractivity contribution in [3.05, 3.63) is 48.5 Å². The van der Waals surface area contributed by atoms with Gasteiger partial charge in [-0.3, -0.25) is 0 Å². The summed E-state index contributed by atoms with van der Waals surface area (Å²) in [7, 11) is -3.93.